The molecular formula is C30H22O11. The summed E-state index contributed by atoms with van der Waals surface area (Å²) in [4.78, 5) is 27.4. The molecule has 208 valence electrons. The van der Waals surface area contributed by atoms with Gasteiger partial charge in [0, 0.05) is 18.2 Å². The molecule has 0 spiro atoms. The average Bonchev–Trinajstić information content (AvgIpc) is 2.90. The van der Waals surface area contributed by atoms with E-state index < -0.39 is 58.4 Å². The summed E-state index contributed by atoms with van der Waals surface area (Å²) in [7, 11) is 0. The summed E-state index contributed by atoms with van der Waals surface area (Å²) < 4.78 is 12.2. The van der Waals surface area contributed by atoms with Gasteiger partial charge in [0.05, 0.1) is 17.9 Å². The molecule has 0 radical (unpaired) electrons. The van der Waals surface area contributed by atoms with Gasteiger partial charge in [0.25, 0.3) is 0 Å². The molecule has 0 saturated carbocycles. The first kappa shape index (κ1) is 25.7. The SMILES string of the molecule is O=C1C[C@@H](c2ccc(O)c(O)c2)Oc2c1c(O)cc(O)c2[C@@H]1C(=O)c2c(O)cc(O)cc2O[C@@H]1c1ccc(O)cc1. The number of phenolic OH excluding ortho intramolecular Hbond substituents is 7. The van der Waals surface area contributed by atoms with Gasteiger partial charge in [0.15, 0.2) is 23.1 Å². The van der Waals surface area contributed by atoms with Crippen LogP contribution in [-0.4, -0.2) is 47.3 Å². The maximum atomic E-state index is 14.1. The Bertz CT molecular complexity index is 1740. The second-order valence-electron chi connectivity index (χ2n) is 9.82. The van der Waals surface area contributed by atoms with E-state index in [1.165, 1.54) is 42.5 Å². The van der Waals surface area contributed by atoms with Crippen molar-refractivity contribution in [3.8, 4) is 51.7 Å². The molecule has 4 aromatic carbocycles. The zero-order valence-electron chi connectivity index (χ0n) is 21.0. The maximum Gasteiger partial charge on any atom is 0.182 e. The second kappa shape index (κ2) is 9.26. The summed E-state index contributed by atoms with van der Waals surface area (Å²) in [6, 6.07) is 12.5. The predicted octanol–water partition coefficient (Wildman–Crippen LogP) is 4.43. The lowest BCUT2D eigenvalue weighted by molar-refractivity contribution is 0.0738. The van der Waals surface area contributed by atoms with Gasteiger partial charge in [-0.1, -0.05) is 18.2 Å². The van der Waals surface area contributed by atoms with Gasteiger partial charge in [0.1, 0.15) is 63.6 Å². The number of carbonyl (C=O) groups excluding carboxylic acids is 2. The van der Waals surface area contributed by atoms with Crippen LogP contribution in [-0.2, 0) is 0 Å². The summed E-state index contributed by atoms with van der Waals surface area (Å²) in [5, 5.41) is 71.9. The number of benzene rings is 4. The molecule has 0 aromatic heterocycles. The summed E-state index contributed by atoms with van der Waals surface area (Å²) in [6.07, 6.45) is -2.52. The van der Waals surface area contributed by atoms with E-state index >= 15 is 0 Å². The van der Waals surface area contributed by atoms with Gasteiger partial charge in [-0.3, -0.25) is 9.59 Å². The zero-order valence-corrected chi connectivity index (χ0v) is 21.0. The smallest absolute Gasteiger partial charge is 0.182 e. The van der Waals surface area contributed by atoms with Crippen LogP contribution in [0.5, 0.6) is 51.7 Å². The Kier molecular flexibility index (Phi) is 5.80. The third-order valence-corrected chi connectivity index (χ3v) is 7.24. The van der Waals surface area contributed by atoms with Crippen LogP contribution in [0.3, 0.4) is 0 Å². The van der Waals surface area contributed by atoms with Crippen LogP contribution in [0, 0.1) is 0 Å². The molecule has 4 aromatic rings. The largest absolute Gasteiger partial charge is 0.508 e. The van der Waals surface area contributed by atoms with Crippen LogP contribution >= 0.6 is 0 Å². The monoisotopic (exact) mass is 558 g/mol. The summed E-state index contributed by atoms with van der Waals surface area (Å²) >= 11 is 0. The molecule has 3 atom stereocenters. The van der Waals surface area contributed by atoms with Gasteiger partial charge in [-0.15, -0.1) is 0 Å². The van der Waals surface area contributed by atoms with E-state index in [0.717, 1.165) is 18.2 Å². The first-order chi connectivity index (χ1) is 19.5. The number of fused-ring (bicyclic) bond motifs is 2. The number of phenols is 7. The minimum Gasteiger partial charge on any atom is -0.508 e. The first-order valence-electron chi connectivity index (χ1n) is 12.4. The van der Waals surface area contributed by atoms with E-state index in [9.17, 15) is 45.3 Å². The highest BCUT2D eigenvalue weighted by Crippen LogP contribution is 2.55. The lowest BCUT2D eigenvalue weighted by Gasteiger charge is -2.36. The lowest BCUT2D eigenvalue weighted by atomic mass is 9.78. The molecule has 6 rings (SSSR count). The minimum absolute atomic E-state index is 0.0677. The first-order valence-corrected chi connectivity index (χ1v) is 12.4. The van der Waals surface area contributed by atoms with E-state index in [-0.39, 0.29) is 46.1 Å². The Hall–Kier alpha value is -5.58. The highest BCUT2D eigenvalue weighted by Gasteiger charge is 2.46. The van der Waals surface area contributed by atoms with Gasteiger partial charge in [0.2, 0.25) is 0 Å². The van der Waals surface area contributed by atoms with Crippen molar-refractivity contribution >= 4 is 11.6 Å². The second-order valence-corrected chi connectivity index (χ2v) is 9.82. The van der Waals surface area contributed by atoms with Crippen molar-refractivity contribution in [3.63, 3.8) is 0 Å². The highest BCUT2D eigenvalue weighted by atomic mass is 16.5. The molecule has 0 amide bonds. The number of ketones is 2. The molecular weight excluding hydrogens is 536 g/mol. The number of Topliss-reactive ketones (excluding diaryl/α,β-unsaturated/α-hetero) is 2. The standard InChI is InChI=1S/C30H22O11/c31-14-4-1-12(2-5-14)29-27(28(39)25-18(35)8-15(32)9-23(25)41-29)26-20(37)10-19(36)24-21(38)11-22(40-30(24)26)13-3-6-16(33)17(34)7-13/h1-10,22,27,29,31-37H,11H2/t22-,27+,29+/m0/s1. The van der Waals surface area contributed by atoms with Crippen molar-refractivity contribution in [2.75, 3.05) is 0 Å². The molecule has 0 aliphatic carbocycles. The fourth-order valence-electron chi connectivity index (χ4n) is 5.35. The Morgan fingerprint density at radius 3 is 2.00 bits per heavy atom. The predicted molar refractivity (Wildman–Crippen MR) is 140 cm³/mol. The van der Waals surface area contributed by atoms with E-state index in [1.807, 2.05) is 0 Å². The molecule has 0 fully saturated rings. The number of hydrogen-bond donors (Lipinski definition) is 7. The normalized spacial score (nSPS) is 19.6. The third kappa shape index (κ3) is 4.15. The Balaban J connectivity index is 1.57. The Morgan fingerprint density at radius 2 is 1.29 bits per heavy atom. The van der Waals surface area contributed by atoms with Crippen molar-refractivity contribution in [3.05, 3.63) is 88.5 Å². The van der Waals surface area contributed by atoms with E-state index in [2.05, 4.69) is 0 Å². The number of aromatic hydroxyl groups is 7. The summed E-state index contributed by atoms with van der Waals surface area (Å²) in [6.45, 7) is 0. The van der Waals surface area contributed by atoms with E-state index in [4.69, 9.17) is 9.47 Å². The number of hydrogen-bond acceptors (Lipinski definition) is 11. The van der Waals surface area contributed by atoms with Gasteiger partial charge in [-0.2, -0.15) is 0 Å². The summed E-state index contributed by atoms with van der Waals surface area (Å²) in [5.41, 5.74) is -0.118. The van der Waals surface area contributed by atoms with Gasteiger partial charge in [-0.05, 0) is 35.4 Å². The van der Waals surface area contributed by atoms with Gasteiger partial charge in [-0.25, -0.2) is 0 Å². The molecule has 2 heterocycles. The van der Waals surface area contributed by atoms with Gasteiger partial charge >= 0.3 is 0 Å². The van der Waals surface area contributed by atoms with E-state index in [1.54, 1.807) is 0 Å². The van der Waals surface area contributed by atoms with Crippen LogP contribution in [0.1, 0.15) is 62.0 Å². The molecule has 0 bridgehead atoms. The fraction of sp³-hybridized carbons (Fsp3) is 0.133. The number of ether oxygens (including phenoxy) is 2. The average molecular weight is 558 g/mol. The number of carbonyl (C=O) groups is 2. The highest BCUT2D eigenvalue weighted by molar-refractivity contribution is 6.09. The van der Waals surface area contributed by atoms with Crippen molar-refractivity contribution in [1.82, 2.24) is 0 Å². The lowest BCUT2D eigenvalue weighted by Crippen LogP contribution is -2.32. The van der Waals surface area contributed by atoms with Crippen LogP contribution in [0.15, 0.2) is 60.7 Å². The molecule has 2 aliphatic rings. The van der Waals surface area contributed by atoms with Crippen molar-refractivity contribution in [2.24, 2.45) is 0 Å². The fourth-order valence-corrected chi connectivity index (χ4v) is 5.35. The van der Waals surface area contributed by atoms with Gasteiger partial charge < -0.3 is 45.2 Å². The summed E-state index contributed by atoms with van der Waals surface area (Å²) in [5.74, 6) is -6.26. The maximum absolute atomic E-state index is 14.1. The molecule has 7 N–H and O–H groups in total. The minimum atomic E-state index is -1.45. The Morgan fingerprint density at radius 1 is 0.610 bits per heavy atom. The van der Waals surface area contributed by atoms with Crippen LogP contribution in [0.25, 0.3) is 0 Å². The Labute approximate surface area is 231 Å². The van der Waals surface area contributed by atoms with Crippen LogP contribution in [0.4, 0.5) is 0 Å². The molecule has 0 unspecified atom stereocenters. The molecule has 11 nitrogen and oxygen atoms in total. The molecule has 0 saturated heterocycles. The van der Waals surface area contributed by atoms with Crippen LogP contribution in [0.2, 0.25) is 0 Å². The number of rotatable bonds is 3. The van der Waals surface area contributed by atoms with Crippen molar-refractivity contribution in [1.29, 1.82) is 0 Å². The van der Waals surface area contributed by atoms with Crippen molar-refractivity contribution < 1.29 is 54.8 Å². The topological polar surface area (TPSA) is 194 Å². The molecule has 11 heteroatoms. The molecule has 2 aliphatic heterocycles. The molecule has 41 heavy (non-hydrogen) atoms. The van der Waals surface area contributed by atoms with Crippen molar-refractivity contribution in [2.45, 2.75) is 24.5 Å². The van der Waals surface area contributed by atoms with Crippen LogP contribution < -0.4 is 9.47 Å². The quantitative estimate of drug-likeness (QED) is 0.176. The third-order valence-electron chi connectivity index (χ3n) is 7.24. The van der Waals surface area contributed by atoms with E-state index in [0.29, 0.717) is 11.1 Å². The zero-order chi connectivity index (χ0) is 29.2.